The summed E-state index contributed by atoms with van der Waals surface area (Å²) in [5.41, 5.74) is 2.51. The summed E-state index contributed by atoms with van der Waals surface area (Å²) in [6.07, 6.45) is 2.21. The zero-order chi connectivity index (χ0) is 28.6. The first-order chi connectivity index (χ1) is 19.3. The van der Waals surface area contributed by atoms with Crippen LogP contribution in [-0.4, -0.2) is 35.6 Å². The Balaban J connectivity index is 1.75. The second kappa shape index (κ2) is 10.9. The van der Waals surface area contributed by atoms with Crippen molar-refractivity contribution >= 4 is 40.4 Å². The van der Waals surface area contributed by atoms with Crippen LogP contribution in [0.1, 0.15) is 44.4 Å². The largest absolute Gasteiger partial charge is 0.458 e. The Labute approximate surface area is 234 Å². The lowest BCUT2D eigenvalue weighted by atomic mass is 9.96. The molecule has 2 aromatic carbocycles. The van der Waals surface area contributed by atoms with E-state index < -0.39 is 23.5 Å². The molecular formula is C30H27N3O6S. The van der Waals surface area contributed by atoms with Crippen LogP contribution in [0.2, 0.25) is 0 Å². The number of aromatic nitrogens is 1. The third-order valence-electron chi connectivity index (χ3n) is 6.60. The number of ether oxygens (including phenoxy) is 2. The summed E-state index contributed by atoms with van der Waals surface area (Å²) >= 11 is 1.12. The van der Waals surface area contributed by atoms with Crippen LogP contribution in [0.3, 0.4) is 0 Å². The SMILES string of the molecule is C=CCOC(=O)C1=C(C)N=c2s/c(=C3\C(=O)N(CCC)c4ccccc43)c(=O)n2C1c1ccc(OC(C)=O)cc1. The number of hydrogen-bond acceptors (Lipinski definition) is 8. The molecule has 1 amide bonds. The van der Waals surface area contributed by atoms with Gasteiger partial charge in [0.2, 0.25) is 0 Å². The molecule has 0 fully saturated rings. The minimum Gasteiger partial charge on any atom is -0.458 e. The number of anilines is 1. The van der Waals surface area contributed by atoms with E-state index >= 15 is 0 Å². The Morgan fingerprint density at radius 1 is 1.12 bits per heavy atom. The summed E-state index contributed by atoms with van der Waals surface area (Å²) in [5.74, 6) is -1.02. The van der Waals surface area contributed by atoms with Crippen molar-refractivity contribution in [2.24, 2.45) is 4.99 Å². The van der Waals surface area contributed by atoms with Gasteiger partial charge in [0.05, 0.1) is 28.6 Å². The van der Waals surface area contributed by atoms with E-state index in [0.29, 0.717) is 39.5 Å². The summed E-state index contributed by atoms with van der Waals surface area (Å²) in [7, 11) is 0. The summed E-state index contributed by atoms with van der Waals surface area (Å²) in [5, 5.41) is 0. The van der Waals surface area contributed by atoms with E-state index in [9.17, 15) is 19.2 Å². The molecule has 3 heterocycles. The number of carbonyl (C=O) groups excluding carboxylic acids is 3. The van der Waals surface area contributed by atoms with Crippen molar-refractivity contribution < 1.29 is 23.9 Å². The monoisotopic (exact) mass is 557 g/mol. The van der Waals surface area contributed by atoms with E-state index in [-0.39, 0.29) is 22.6 Å². The molecule has 0 spiro atoms. The smallest absolute Gasteiger partial charge is 0.338 e. The van der Waals surface area contributed by atoms with Crippen LogP contribution >= 0.6 is 11.3 Å². The summed E-state index contributed by atoms with van der Waals surface area (Å²) in [6, 6.07) is 13.1. The van der Waals surface area contributed by atoms with E-state index in [2.05, 4.69) is 11.6 Å². The molecule has 2 aliphatic rings. The molecule has 40 heavy (non-hydrogen) atoms. The molecule has 1 atom stereocenters. The van der Waals surface area contributed by atoms with Gasteiger partial charge in [-0.3, -0.25) is 19.0 Å². The second-order valence-corrected chi connectivity index (χ2v) is 10.3. The number of esters is 2. The molecule has 3 aromatic rings. The predicted molar refractivity (Wildman–Crippen MR) is 151 cm³/mol. The number of fused-ring (bicyclic) bond motifs is 2. The molecule has 0 saturated carbocycles. The maximum absolute atomic E-state index is 14.2. The first-order valence-corrected chi connectivity index (χ1v) is 13.6. The lowest BCUT2D eigenvalue weighted by Gasteiger charge is -2.24. The highest BCUT2D eigenvalue weighted by atomic mass is 32.1. The number of carbonyl (C=O) groups is 3. The third kappa shape index (κ3) is 4.60. The molecule has 204 valence electrons. The highest BCUT2D eigenvalue weighted by molar-refractivity contribution is 7.07. The Bertz CT molecular complexity index is 1760. The van der Waals surface area contributed by atoms with Gasteiger partial charge in [0.1, 0.15) is 16.9 Å². The van der Waals surface area contributed by atoms with Gasteiger partial charge in [-0.2, -0.15) is 0 Å². The van der Waals surface area contributed by atoms with Crippen molar-refractivity contribution in [1.29, 1.82) is 0 Å². The van der Waals surface area contributed by atoms with E-state index in [1.54, 1.807) is 36.1 Å². The van der Waals surface area contributed by atoms with Gasteiger partial charge in [0.15, 0.2) is 4.80 Å². The van der Waals surface area contributed by atoms with E-state index in [4.69, 9.17) is 9.47 Å². The summed E-state index contributed by atoms with van der Waals surface area (Å²) < 4.78 is 12.2. The van der Waals surface area contributed by atoms with Gasteiger partial charge < -0.3 is 14.4 Å². The quantitative estimate of drug-likeness (QED) is 0.251. The fraction of sp³-hybridized carbons (Fsp3) is 0.233. The minimum atomic E-state index is -0.882. The minimum absolute atomic E-state index is 0.0131. The van der Waals surface area contributed by atoms with Crippen LogP contribution in [0.4, 0.5) is 5.69 Å². The zero-order valence-electron chi connectivity index (χ0n) is 22.3. The number of allylic oxidation sites excluding steroid dienone is 1. The number of rotatable bonds is 7. The van der Waals surface area contributed by atoms with Crippen LogP contribution in [0.15, 0.2) is 82.2 Å². The van der Waals surface area contributed by atoms with Gasteiger partial charge in [-0.25, -0.2) is 9.79 Å². The van der Waals surface area contributed by atoms with Crippen molar-refractivity contribution in [2.45, 2.75) is 33.2 Å². The maximum Gasteiger partial charge on any atom is 0.338 e. The molecule has 10 heteroatoms. The number of para-hydroxylation sites is 1. The van der Waals surface area contributed by atoms with Gasteiger partial charge in [0, 0.05) is 19.0 Å². The molecule has 5 rings (SSSR count). The number of nitrogens with zero attached hydrogens (tertiary/aromatic N) is 3. The van der Waals surface area contributed by atoms with Gasteiger partial charge >= 0.3 is 11.9 Å². The van der Waals surface area contributed by atoms with Crippen LogP contribution in [0.5, 0.6) is 5.75 Å². The van der Waals surface area contributed by atoms with Crippen LogP contribution < -0.4 is 24.5 Å². The first-order valence-electron chi connectivity index (χ1n) is 12.8. The fourth-order valence-electron chi connectivity index (χ4n) is 4.99. The predicted octanol–water partition coefficient (Wildman–Crippen LogP) is 3.02. The van der Waals surface area contributed by atoms with Crippen LogP contribution in [-0.2, 0) is 19.1 Å². The third-order valence-corrected chi connectivity index (χ3v) is 7.66. The van der Waals surface area contributed by atoms with Crippen molar-refractivity contribution in [2.75, 3.05) is 18.1 Å². The second-order valence-electron chi connectivity index (χ2n) is 9.30. The van der Waals surface area contributed by atoms with Crippen molar-refractivity contribution in [1.82, 2.24) is 4.57 Å². The van der Waals surface area contributed by atoms with E-state index in [1.165, 1.54) is 17.6 Å². The molecular weight excluding hydrogens is 530 g/mol. The number of amides is 1. The molecule has 0 radical (unpaired) electrons. The molecule has 0 N–H and O–H groups in total. The van der Waals surface area contributed by atoms with Gasteiger partial charge in [0.25, 0.3) is 11.5 Å². The first kappa shape index (κ1) is 27.0. The maximum atomic E-state index is 14.2. The summed E-state index contributed by atoms with van der Waals surface area (Å²) in [4.78, 5) is 59.1. The van der Waals surface area contributed by atoms with Crippen molar-refractivity contribution in [3.8, 4) is 5.75 Å². The Hall–Kier alpha value is -4.57. The lowest BCUT2D eigenvalue weighted by Crippen LogP contribution is -2.41. The number of thiazole rings is 1. The summed E-state index contributed by atoms with van der Waals surface area (Å²) in [6.45, 7) is 9.08. The average molecular weight is 558 g/mol. The highest BCUT2D eigenvalue weighted by Gasteiger charge is 2.37. The van der Waals surface area contributed by atoms with Crippen molar-refractivity contribution in [3.63, 3.8) is 0 Å². The molecule has 1 aromatic heterocycles. The average Bonchev–Trinajstić information content (AvgIpc) is 3.39. The Morgan fingerprint density at radius 2 is 1.85 bits per heavy atom. The zero-order valence-corrected chi connectivity index (χ0v) is 23.1. The number of benzene rings is 2. The molecule has 1 unspecified atom stereocenters. The van der Waals surface area contributed by atoms with Crippen LogP contribution in [0.25, 0.3) is 5.57 Å². The highest BCUT2D eigenvalue weighted by Crippen LogP contribution is 2.36. The topological polar surface area (TPSA) is 107 Å². The van der Waals surface area contributed by atoms with E-state index in [0.717, 1.165) is 23.4 Å². The van der Waals surface area contributed by atoms with Gasteiger partial charge in [-0.05, 0) is 37.1 Å². The van der Waals surface area contributed by atoms with Gasteiger partial charge in [-0.1, -0.05) is 61.2 Å². The normalized spacial score (nSPS) is 17.2. The Kier molecular flexibility index (Phi) is 7.36. The van der Waals surface area contributed by atoms with Crippen molar-refractivity contribution in [3.05, 3.63) is 103 Å². The molecule has 9 nitrogen and oxygen atoms in total. The van der Waals surface area contributed by atoms with Gasteiger partial charge in [-0.15, -0.1) is 0 Å². The lowest BCUT2D eigenvalue weighted by molar-refractivity contribution is -0.138. The Morgan fingerprint density at radius 3 is 2.52 bits per heavy atom. The fourth-order valence-corrected chi connectivity index (χ4v) is 6.13. The van der Waals surface area contributed by atoms with E-state index in [1.807, 2.05) is 31.2 Å². The standard InChI is InChI=1S/C30H27N3O6S/c1-5-15-32-22-10-8-7-9-21(22)24(27(32)35)26-28(36)33-25(19-11-13-20(14-12-19)39-18(4)34)23(29(37)38-16-6-2)17(3)31-30(33)40-26/h6-14,25H,2,5,15-16H2,1,3-4H3/b26-24-. The molecule has 0 saturated heterocycles. The molecule has 2 aliphatic heterocycles. The number of hydrogen-bond donors (Lipinski definition) is 0. The van der Waals surface area contributed by atoms with Crippen LogP contribution in [0, 0.1) is 0 Å². The molecule has 0 bridgehead atoms. The molecule has 0 aliphatic carbocycles.